The summed E-state index contributed by atoms with van der Waals surface area (Å²) in [6.45, 7) is 6.59. The van der Waals surface area contributed by atoms with Crippen molar-refractivity contribution in [3.8, 4) is 0 Å². The number of carboxylic acid groups (broad SMARTS) is 4. The molecule has 0 radical (unpaired) electrons. The number of likely N-dealkylation sites (N-methyl/N-ethyl adjacent to an activating group) is 1. The number of carbonyl (C=O) groups excluding carboxylic acids is 15. The molecule has 2 heterocycles. The number of amides is 14. The Kier molecular flexibility index (Phi) is 41.3. The minimum Gasteiger partial charge on any atom is -0.481 e. The third-order valence-corrected chi connectivity index (χ3v) is 18.7. The molecule has 1 aliphatic heterocycles. The molecule has 640 valence electrons. The summed E-state index contributed by atoms with van der Waals surface area (Å²) >= 11 is 0. The van der Waals surface area contributed by atoms with Crippen LogP contribution in [0.3, 0.4) is 0 Å². The van der Waals surface area contributed by atoms with Gasteiger partial charge in [-0.2, -0.15) is 0 Å². The molecule has 14 amide bonds. The highest BCUT2D eigenvalue weighted by molar-refractivity contribution is 6.02. The number of aromatic amines is 1. The number of nitrogens with two attached hydrogens (primary N) is 2. The van der Waals surface area contributed by atoms with Crippen LogP contribution in [-0.2, 0) is 107 Å². The highest BCUT2D eigenvalue weighted by Crippen LogP contribution is 2.22. The van der Waals surface area contributed by atoms with Crippen molar-refractivity contribution in [2.24, 2.45) is 29.2 Å². The van der Waals surface area contributed by atoms with E-state index in [0.717, 1.165) is 54.2 Å². The normalized spacial score (nSPS) is 22.3. The number of rotatable bonds is 36. The van der Waals surface area contributed by atoms with Crippen LogP contribution >= 0.6 is 0 Å². The van der Waals surface area contributed by atoms with Gasteiger partial charge in [0.2, 0.25) is 82.7 Å². The van der Waals surface area contributed by atoms with E-state index >= 15 is 0 Å². The second-order valence-electron chi connectivity index (χ2n) is 28.4. The van der Waals surface area contributed by atoms with Crippen molar-refractivity contribution in [3.63, 3.8) is 0 Å². The number of H-pyrrole nitrogens is 1. The van der Waals surface area contributed by atoms with Gasteiger partial charge in [-0.25, -0.2) is 9.59 Å². The van der Waals surface area contributed by atoms with Crippen molar-refractivity contribution >= 4 is 123 Å². The number of aliphatic carboxylic acids is 4. The molecular weight excluding hydrogens is 1520 g/mol. The van der Waals surface area contributed by atoms with Crippen LogP contribution < -0.4 is 75.3 Å². The Morgan fingerprint density at radius 2 is 1.26 bits per heavy atom. The third-order valence-electron chi connectivity index (χ3n) is 18.7. The zero-order valence-corrected chi connectivity index (χ0v) is 65.5. The van der Waals surface area contributed by atoms with Gasteiger partial charge in [-0.15, -0.1) is 0 Å². The highest BCUT2D eigenvalue weighted by atomic mass is 16.5. The standard InChI is InChI=1S/C72H110N16O27/c1-10-35(4)54-72(113)115-38(7)55(85-69(109)56(58(99)60(74)100)86-63(103)43(24-25-50(93)94)81-64(104)44(28-39-30-75-41-21-16-15-20-40(39)41)78-47(90)23-14-12-11-13-19-34(2)3)70(110)88(8)32-49(92)77-37(6)61(101)82-45(29-52(97)98)65(105)80-42(22-17-18-26-73)62(102)87-57(59(114-9)71(111)112)67(107)76-31-48(91)79-46(33-89)66(106)83-53(68(108)84-54)36(5)27-51(95)96/h15-16,20-21,30,34-38,42-46,53-59,75,89,99H,10-14,17-19,22-29,31-33,73H2,1-9H3,(H2,74,100)(H,76,107)(H,77,92)(H,78,90)(H,79,91)(H,80,105)(H,81,104)(H,82,101)(H,83,106)(H,84,108)(H,85,109)(H,86,103)(H,87,102)(H,93,94)(H,95,96)(H,97,98)(H,111,112). The Balaban J connectivity index is 2.27. The van der Waals surface area contributed by atoms with Crippen LogP contribution in [0.4, 0.5) is 0 Å². The number of nitrogens with one attached hydrogen (secondary N) is 13. The maximum absolute atomic E-state index is 15.0. The highest BCUT2D eigenvalue weighted by Gasteiger charge is 2.44. The number of nitrogens with zero attached hydrogens (tertiary/aromatic N) is 1. The van der Waals surface area contributed by atoms with Gasteiger partial charge in [0.05, 0.1) is 32.5 Å². The average Bonchev–Trinajstić information content (AvgIpc) is 1.77. The van der Waals surface area contributed by atoms with Gasteiger partial charge >= 0.3 is 29.8 Å². The largest absolute Gasteiger partial charge is 0.481 e. The number of hydrogen-bond donors (Lipinski definition) is 21. The molecule has 0 spiro atoms. The van der Waals surface area contributed by atoms with Gasteiger partial charge in [0.15, 0.2) is 12.2 Å². The van der Waals surface area contributed by atoms with Crippen LogP contribution in [0.2, 0.25) is 0 Å². The minimum absolute atomic E-state index is 0.0177. The Labute approximate surface area is 661 Å². The van der Waals surface area contributed by atoms with Crippen LogP contribution in [0.15, 0.2) is 30.5 Å². The number of hydrogen-bond acceptors (Lipinski definition) is 24. The zero-order chi connectivity index (χ0) is 86.7. The van der Waals surface area contributed by atoms with Crippen LogP contribution in [0.25, 0.3) is 10.9 Å². The molecule has 1 aliphatic rings. The molecular formula is C72H110N16O27. The van der Waals surface area contributed by atoms with Gasteiger partial charge in [0, 0.05) is 50.5 Å². The van der Waals surface area contributed by atoms with E-state index in [-0.39, 0.29) is 45.1 Å². The predicted molar refractivity (Wildman–Crippen MR) is 401 cm³/mol. The fourth-order valence-corrected chi connectivity index (χ4v) is 11.9. The lowest BCUT2D eigenvalue weighted by Crippen LogP contribution is -2.64. The number of fused-ring (bicyclic) bond motifs is 1. The average molecular weight is 1630 g/mol. The molecule has 1 saturated heterocycles. The molecule has 1 aromatic heterocycles. The van der Waals surface area contributed by atoms with Gasteiger partial charge < -0.3 is 125 Å². The quantitative estimate of drug-likeness (QED) is 0.0223. The molecule has 23 N–H and O–H groups in total. The lowest BCUT2D eigenvalue weighted by molar-refractivity contribution is -0.159. The second kappa shape index (κ2) is 48.6. The van der Waals surface area contributed by atoms with Gasteiger partial charge in [-0.3, -0.25) is 81.5 Å². The van der Waals surface area contributed by atoms with Crippen molar-refractivity contribution in [2.75, 3.05) is 40.4 Å². The number of aromatic nitrogens is 1. The smallest absolute Gasteiger partial charge is 0.335 e. The molecule has 1 fully saturated rings. The zero-order valence-electron chi connectivity index (χ0n) is 65.5. The molecule has 2 aromatic rings. The number of unbranched alkanes of at least 4 members (excludes halogenated alkanes) is 4. The monoisotopic (exact) mass is 1630 g/mol. The number of ether oxygens (including phenoxy) is 2. The number of para-hydroxylation sites is 1. The summed E-state index contributed by atoms with van der Waals surface area (Å²) in [5, 5.41) is 88.7. The molecule has 0 saturated carbocycles. The van der Waals surface area contributed by atoms with Crippen LogP contribution in [-0.4, -0.2) is 278 Å². The molecule has 0 aliphatic carbocycles. The number of primary amides is 1. The first kappa shape index (κ1) is 97.7. The van der Waals surface area contributed by atoms with Crippen molar-refractivity contribution in [1.29, 1.82) is 0 Å². The van der Waals surface area contributed by atoms with E-state index in [1.807, 2.05) is 10.6 Å². The fourth-order valence-electron chi connectivity index (χ4n) is 11.9. The molecule has 0 bridgehead atoms. The molecule has 43 heteroatoms. The predicted octanol–water partition coefficient (Wildman–Crippen LogP) is -5.86. The van der Waals surface area contributed by atoms with Crippen molar-refractivity contribution in [3.05, 3.63) is 36.0 Å². The molecule has 43 nitrogen and oxygen atoms in total. The summed E-state index contributed by atoms with van der Waals surface area (Å²) in [6, 6.07) is -15.5. The lowest BCUT2D eigenvalue weighted by atomic mass is 9.94. The molecule has 16 unspecified atom stereocenters. The Bertz CT molecular complexity index is 3780. The fraction of sp³-hybridized carbons (Fsp3) is 0.625. The first-order chi connectivity index (χ1) is 54.1. The molecule has 1 aromatic carbocycles. The van der Waals surface area contributed by atoms with Crippen molar-refractivity contribution in [2.45, 2.75) is 230 Å². The van der Waals surface area contributed by atoms with E-state index in [0.29, 0.717) is 40.1 Å². The van der Waals surface area contributed by atoms with Crippen LogP contribution in [0.1, 0.15) is 144 Å². The van der Waals surface area contributed by atoms with Gasteiger partial charge in [-0.1, -0.05) is 84.9 Å². The topological polar surface area (TPSA) is 680 Å². The van der Waals surface area contributed by atoms with Crippen LogP contribution in [0, 0.1) is 17.8 Å². The maximum atomic E-state index is 15.0. The molecule has 3 rings (SSSR count). The van der Waals surface area contributed by atoms with E-state index in [4.69, 9.17) is 20.9 Å². The number of esters is 1. The van der Waals surface area contributed by atoms with Crippen LogP contribution in [0.5, 0.6) is 0 Å². The summed E-state index contributed by atoms with van der Waals surface area (Å²) in [5.74, 6) is -28.9. The Hall–Kier alpha value is -11.5. The van der Waals surface area contributed by atoms with Crippen molar-refractivity contribution < 1.29 is 131 Å². The van der Waals surface area contributed by atoms with E-state index < -0.39 is 255 Å². The third kappa shape index (κ3) is 32.5. The van der Waals surface area contributed by atoms with E-state index in [2.05, 4.69) is 72.0 Å². The number of methoxy groups -OCH3 is 1. The summed E-state index contributed by atoms with van der Waals surface area (Å²) in [5.41, 5.74) is 12.3. The van der Waals surface area contributed by atoms with E-state index in [9.17, 15) is 122 Å². The van der Waals surface area contributed by atoms with Gasteiger partial charge in [0.25, 0.3) is 0 Å². The number of aliphatic hydroxyl groups excluding tert-OH is 2. The van der Waals surface area contributed by atoms with E-state index in [1.54, 1.807) is 30.5 Å². The SMILES string of the molecule is CCC(C)C1NC(=O)C(C(C)CC(=O)O)NC(=O)C(CO)NC(=O)CNC(=O)C(C(OC)C(=O)O)NC(=O)C(CCCCN)NC(=O)C(CC(=O)O)NC(=O)C(C)NC(=O)CN(C)C(=O)C(NC(=O)C(NC(=O)C(CCC(=O)O)NC(=O)C(Cc2c[nH]c3ccccc23)NC(=O)CCCCCCC(C)C)C(O)C(N)=O)C(C)OC1=O. The van der Waals surface area contributed by atoms with Gasteiger partial charge in [0.1, 0.15) is 72.6 Å². The lowest BCUT2D eigenvalue weighted by Gasteiger charge is -2.33. The number of cyclic esters (lactones) is 1. The van der Waals surface area contributed by atoms with E-state index in [1.165, 1.54) is 13.8 Å². The summed E-state index contributed by atoms with van der Waals surface area (Å²) in [4.78, 5) is 265. The Morgan fingerprint density at radius 3 is 1.86 bits per heavy atom. The number of carboxylic acids is 4. The maximum Gasteiger partial charge on any atom is 0.335 e. The van der Waals surface area contributed by atoms with Gasteiger partial charge in [-0.05, 0) is 81.9 Å². The summed E-state index contributed by atoms with van der Waals surface area (Å²) in [7, 11) is 1.72. The first-order valence-electron chi connectivity index (χ1n) is 37.4. The Morgan fingerprint density at radius 1 is 0.643 bits per heavy atom. The minimum atomic E-state index is -2.79. The number of aliphatic hydroxyl groups is 2. The summed E-state index contributed by atoms with van der Waals surface area (Å²) in [6.07, 6.45) is -5.90. The molecule has 16 atom stereocenters. The second-order valence-corrected chi connectivity index (χ2v) is 28.4. The van der Waals surface area contributed by atoms with Crippen molar-refractivity contribution in [1.82, 2.24) is 73.7 Å². The summed E-state index contributed by atoms with van der Waals surface area (Å²) < 4.78 is 10.7. The first-order valence-corrected chi connectivity index (χ1v) is 37.4. The number of benzene rings is 1. The molecule has 115 heavy (non-hydrogen) atoms. The number of carbonyl (C=O) groups is 19.